The van der Waals surface area contributed by atoms with Crippen molar-refractivity contribution in [1.82, 2.24) is 0 Å². The minimum absolute atomic E-state index is 0.502. The SMILES string of the molecule is ClC1(Cl)[CH]CCCC1. The predicted molar refractivity (Wildman–Crippen MR) is 37.2 cm³/mol. The summed E-state index contributed by atoms with van der Waals surface area (Å²) in [5.74, 6) is 0. The molecular weight excluding hydrogens is 143 g/mol. The minimum atomic E-state index is -0.502. The van der Waals surface area contributed by atoms with Crippen molar-refractivity contribution in [3.8, 4) is 0 Å². The molecule has 0 aromatic rings. The second-order valence-corrected chi connectivity index (χ2v) is 3.75. The maximum atomic E-state index is 5.78. The Morgan fingerprint density at radius 1 is 1.25 bits per heavy atom. The molecule has 0 heterocycles. The zero-order chi connectivity index (χ0) is 6.04. The van der Waals surface area contributed by atoms with Crippen LogP contribution in [-0.4, -0.2) is 4.33 Å². The van der Waals surface area contributed by atoms with E-state index in [-0.39, 0.29) is 0 Å². The maximum absolute atomic E-state index is 5.78. The highest BCUT2D eigenvalue weighted by Gasteiger charge is 2.25. The van der Waals surface area contributed by atoms with Crippen molar-refractivity contribution in [2.75, 3.05) is 0 Å². The van der Waals surface area contributed by atoms with Crippen LogP contribution in [0.15, 0.2) is 0 Å². The smallest absolute Gasteiger partial charge is 0.101 e. The van der Waals surface area contributed by atoms with Crippen molar-refractivity contribution in [1.29, 1.82) is 0 Å². The third-order valence-corrected chi connectivity index (χ3v) is 2.09. The predicted octanol–water partition coefficient (Wildman–Crippen LogP) is 2.94. The highest BCUT2D eigenvalue weighted by molar-refractivity contribution is 6.49. The second-order valence-electron chi connectivity index (χ2n) is 2.21. The Balaban J connectivity index is 2.33. The van der Waals surface area contributed by atoms with Gasteiger partial charge in [0.25, 0.3) is 0 Å². The molecule has 47 valence electrons. The molecule has 0 bridgehead atoms. The molecule has 0 aromatic heterocycles. The van der Waals surface area contributed by atoms with Gasteiger partial charge in [-0.1, -0.05) is 12.8 Å². The fourth-order valence-electron chi connectivity index (χ4n) is 0.920. The standard InChI is InChI=1S/C6H9Cl2/c7-6(8)4-2-1-3-5-6/h4H,1-3,5H2. The molecule has 2 heteroatoms. The molecule has 1 aliphatic carbocycles. The first-order chi connectivity index (χ1) is 3.71. The molecule has 1 fully saturated rings. The Labute approximate surface area is 60.2 Å². The molecule has 0 spiro atoms. The highest BCUT2D eigenvalue weighted by Crippen LogP contribution is 2.36. The first-order valence-corrected chi connectivity index (χ1v) is 3.68. The minimum Gasteiger partial charge on any atom is -0.101 e. The third kappa shape index (κ3) is 1.83. The molecule has 1 radical (unpaired) electrons. The van der Waals surface area contributed by atoms with Crippen LogP contribution in [0.5, 0.6) is 0 Å². The summed E-state index contributed by atoms with van der Waals surface area (Å²) in [6.07, 6.45) is 6.41. The van der Waals surface area contributed by atoms with E-state index < -0.39 is 4.33 Å². The molecule has 1 aliphatic rings. The van der Waals surface area contributed by atoms with Crippen LogP contribution in [0.3, 0.4) is 0 Å². The molecule has 0 aromatic carbocycles. The van der Waals surface area contributed by atoms with Crippen LogP contribution >= 0.6 is 23.2 Å². The first-order valence-electron chi connectivity index (χ1n) is 2.93. The molecule has 0 saturated heterocycles. The lowest BCUT2D eigenvalue weighted by Gasteiger charge is -2.23. The summed E-state index contributed by atoms with van der Waals surface area (Å²) in [5.41, 5.74) is 0. The van der Waals surface area contributed by atoms with E-state index in [2.05, 4.69) is 0 Å². The zero-order valence-corrected chi connectivity index (χ0v) is 6.17. The summed E-state index contributed by atoms with van der Waals surface area (Å²) >= 11 is 11.6. The van der Waals surface area contributed by atoms with Gasteiger partial charge in [-0.2, -0.15) is 0 Å². The molecule has 0 N–H and O–H groups in total. The van der Waals surface area contributed by atoms with E-state index in [0.29, 0.717) is 0 Å². The van der Waals surface area contributed by atoms with Gasteiger partial charge in [-0.3, -0.25) is 0 Å². The van der Waals surface area contributed by atoms with E-state index in [9.17, 15) is 0 Å². The van der Waals surface area contributed by atoms with E-state index in [1.165, 1.54) is 12.8 Å². The van der Waals surface area contributed by atoms with Gasteiger partial charge in [-0.25, -0.2) is 0 Å². The van der Waals surface area contributed by atoms with Crippen molar-refractivity contribution in [3.05, 3.63) is 6.42 Å². The maximum Gasteiger partial charge on any atom is 0.121 e. The number of hydrogen-bond acceptors (Lipinski definition) is 0. The van der Waals surface area contributed by atoms with Crippen LogP contribution in [0.1, 0.15) is 25.7 Å². The van der Waals surface area contributed by atoms with Crippen molar-refractivity contribution < 1.29 is 0 Å². The number of halogens is 2. The van der Waals surface area contributed by atoms with Crippen molar-refractivity contribution in [3.63, 3.8) is 0 Å². The first kappa shape index (κ1) is 6.70. The van der Waals surface area contributed by atoms with Crippen LogP contribution in [-0.2, 0) is 0 Å². The summed E-state index contributed by atoms with van der Waals surface area (Å²) in [7, 11) is 0. The van der Waals surface area contributed by atoms with Gasteiger partial charge in [-0.15, -0.1) is 23.2 Å². The summed E-state index contributed by atoms with van der Waals surface area (Å²) < 4.78 is -0.502. The monoisotopic (exact) mass is 151 g/mol. The van der Waals surface area contributed by atoms with Gasteiger partial charge < -0.3 is 0 Å². The Kier molecular flexibility index (Phi) is 2.05. The van der Waals surface area contributed by atoms with Gasteiger partial charge in [0.15, 0.2) is 0 Å². The molecular formula is C6H9Cl2. The Bertz CT molecular complexity index is 70.6. The molecule has 1 rings (SSSR count). The molecule has 0 unspecified atom stereocenters. The molecule has 0 aliphatic heterocycles. The second kappa shape index (κ2) is 2.45. The average Bonchev–Trinajstić information content (AvgIpc) is 1.65. The summed E-state index contributed by atoms with van der Waals surface area (Å²) in [5, 5.41) is 0. The van der Waals surface area contributed by atoms with Gasteiger partial charge in [0.1, 0.15) is 4.33 Å². The van der Waals surface area contributed by atoms with E-state index in [1.54, 1.807) is 0 Å². The molecule has 0 atom stereocenters. The van der Waals surface area contributed by atoms with Crippen LogP contribution in [0.25, 0.3) is 0 Å². The van der Waals surface area contributed by atoms with Gasteiger partial charge in [0, 0.05) is 0 Å². The lowest BCUT2D eigenvalue weighted by molar-refractivity contribution is 0.569. The normalized spacial score (nSPS) is 27.8. The van der Waals surface area contributed by atoms with E-state index >= 15 is 0 Å². The van der Waals surface area contributed by atoms with E-state index in [4.69, 9.17) is 23.2 Å². The number of hydrogen-bond donors (Lipinski definition) is 0. The lowest BCUT2D eigenvalue weighted by Crippen LogP contribution is -2.16. The van der Waals surface area contributed by atoms with E-state index in [1.807, 2.05) is 6.42 Å². The molecule has 1 saturated carbocycles. The van der Waals surface area contributed by atoms with Crippen molar-refractivity contribution >= 4 is 23.2 Å². The quantitative estimate of drug-likeness (QED) is 0.468. The Morgan fingerprint density at radius 2 is 2.00 bits per heavy atom. The fourth-order valence-corrected chi connectivity index (χ4v) is 1.41. The number of alkyl halides is 2. The summed E-state index contributed by atoms with van der Waals surface area (Å²) in [4.78, 5) is 0. The molecule has 0 amide bonds. The Morgan fingerprint density at radius 3 is 2.25 bits per heavy atom. The topological polar surface area (TPSA) is 0 Å². The largest absolute Gasteiger partial charge is 0.121 e. The summed E-state index contributed by atoms with van der Waals surface area (Å²) in [6, 6.07) is 0. The third-order valence-electron chi connectivity index (χ3n) is 1.41. The van der Waals surface area contributed by atoms with Crippen LogP contribution < -0.4 is 0 Å². The molecule has 0 nitrogen and oxygen atoms in total. The van der Waals surface area contributed by atoms with Gasteiger partial charge in [-0.05, 0) is 19.3 Å². The lowest BCUT2D eigenvalue weighted by atomic mass is 10.00. The number of rotatable bonds is 0. The van der Waals surface area contributed by atoms with Crippen LogP contribution in [0, 0.1) is 6.42 Å². The van der Waals surface area contributed by atoms with Crippen LogP contribution in [0.2, 0.25) is 0 Å². The zero-order valence-electron chi connectivity index (χ0n) is 4.66. The fraction of sp³-hybridized carbons (Fsp3) is 0.833. The van der Waals surface area contributed by atoms with Crippen molar-refractivity contribution in [2.45, 2.75) is 30.0 Å². The van der Waals surface area contributed by atoms with Crippen LogP contribution in [0.4, 0.5) is 0 Å². The summed E-state index contributed by atoms with van der Waals surface area (Å²) in [6.45, 7) is 0. The molecule has 8 heavy (non-hydrogen) atoms. The van der Waals surface area contributed by atoms with E-state index in [0.717, 1.165) is 12.8 Å². The van der Waals surface area contributed by atoms with Crippen molar-refractivity contribution in [2.24, 2.45) is 0 Å². The average molecular weight is 152 g/mol. The van der Waals surface area contributed by atoms with Gasteiger partial charge in [0.05, 0.1) is 0 Å². The Hall–Kier alpha value is 0.580. The van der Waals surface area contributed by atoms with Gasteiger partial charge in [0.2, 0.25) is 0 Å². The van der Waals surface area contributed by atoms with Gasteiger partial charge >= 0.3 is 0 Å². The highest BCUT2D eigenvalue weighted by atomic mass is 35.5.